The Kier molecular flexibility index (Phi) is 5.00. The third kappa shape index (κ3) is 3.70. The van der Waals surface area contributed by atoms with Gasteiger partial charge in [0.15, 0.2) is 5.78 Å². The van der Waals surface area contributed by atoms with Gasteiger partial charge in [0, 0.05) is 5.57 Å². The van der Waals surface area contributed by atoms with Gasteiger partial charge < -0.3 is 0 Å². The smallest absolute Gasteiger partial charge is 0.185 e. The zero-order chi connectivity index (χ0) is 11.8. The lowest BCUT2D eigenvalue weighted by Gasteiger charge is -2.00. The van der Waals surface area contributed by atoms with Crippen LogP contribution in [0.1, 0.15) is 12.8 Å². The van der Waals surface area contributed by atoms with Crippen molar-refractivity contribution in [2.45, 2.75) is 12.8 Å². The number of ketones is 1. The second kappa shape index (κ2) is 6.57. The first-order chi connectivity index (χ1) is 7.77. The summed E-state index contributed by atoms with van der Waals surface area (Å²) in [6.45, 7) is 7.15. The van der Waals surface area contributed by atoms with E-state index in [1.807, 2.05) is 12.2 Å². The van der Waals surface area contributed by atoms with E-state index in [2.05, 4.69) is 25.3 Å². The minimum atomic E-state index is -0.0465. The number of carbonyl (C=O) groups excluding carboxylic acids is 1. The summed E-state index contributed by atoms with van der Waals surface area (Å²) in [4.78, 5) is 11.7. The van der Waals surface area contributed by atoms with Crippen molar-refractivity contribution in [3.05, 3.63) is 72.9 Å². The molecule has 0 atom stereocenters. The van der Waals surface area contributed by atoms with Crippen LogP contribution >= 0.6 is 0 Å². The second-order valence-electron chi connectivity index (χ2n) is 3.44. The molecule has 0 aliphatic heterocycles. The number of hydrogen-bond donors (Lipinski definition) is 0. The van der Waals surface area contributed by atoms with Crippen LogP contribution in [0.4, 0.5) is 0 Å². The van der Waals surface area contributed by atoms with Crippen LogP contribution in [0, 0.1) is 0 Å². The van der Waals surface area contributed by atoms with Gasteiger partial charge in [-0.1, -0.05) is 55.7 Å². The first-order valence-corrected chi connectivity index (χ1v) is 5.32. The van der Waals surface area contributed by atoms with E-state index in [0.717, 1.165) is 18.4 Å². The monoisotopic (exact) mass is 212 g/mol. The van der Waals surface area contributed by atoms with Crippen molar-refractivity contribution in [3.8, 4) is 0 Å². The summed E-state index contributed by atoms with van der Waals surface area (Å²) in [7, 11) is 0. The lowest BCUT2D eigenvalue weighted by Crippen LogP contribution is -1.95. The van der Waals surface area contributed by atoms with Crippen LogP contribution < -0.4 is 0 Å². The molecule has 1 nitrogen and oxygen atoms in total. The molecule has 0 aromatic carbocycles. The van der Waals surface area contributed by atoms with Crippen molar-refractivity contribution in [3.63, 3.8) is 0 Å². The Hall–Kier alpha value is -1.89. The number of rotatable bonds is 5. The molecule has 16 heavy (non-hydrogen) atoms. The van der Waals surface area contributed by atoms with Crippen LogP contribution in [0.3, 0.4) is 0 Å². The highest BCUT2D eigenvalue weighted by Crippen LogP contribution is 2.11. The van der Waals surface area contributed by atoms with E-state index in [0.29, 0.717) is 5.57 Å². The molecule has 0 aromatic rings. The number of hydrogen-bond acceptors (Lipinski definition) is 1. The fourth-order valence-electron chi connectivity index (χ4n) is 1.40. The summed E-state index contributed by atoms with van der Waals surface area (Å²) < 4.78 is 0. The van der Waals surface area contributed by atoms with Crippen LogP contribution in [-0.4, -0.2) is 5.78 Å². The molecule has 0 fully saturated rings. The molecule has 0 heterocycles. The van der Waals surface area contributed by atoms with Gasteiger partial charge in [0.1, 0.15) is 0 Å². The van der Waals surface area contributed by atoms with Crippen LogP contribution in [0.5, 0.6) is 0 Å². The summed E-state index contributed by atoms with van der Waals surface area (Å²) in [6.07, 6.45) is 16.6. The highest BCUT2D eigenvalue weighted by atomic mass is 16.1. The summed E-state index contributed by atoms with van der Waals surface area (Å²) in [6, 6.07) is 0. The molecule has 82 valence electrons. The molecule has 0 saturated heterocycles. The molecule has 0 amide bonds. The molecule has 1 heteroatoms. The van der Waals surface area contributed by atoms with Gasteiger partial charge in [-0.15, -0.1) is 0 Å². The Morgan fingerprint density at radius 1 is 1.31 bits per heavy atom. The van der Waals surface area contributed by atoms with E-state index in [1.54, 1.807) is 24.3 Å². The van der Waals surface area contributed by atoms with E-state index in [4.69, 9.17) is 0 Å². The minimum absolute atomic E-state index is 0.0465. The fraction of sp³-hybridized carbons (Fsp3) is 0.133. The molecule has 0 spiro atoms. The zero-order valence-corrected chi connectivity index (χ0v) is 9.36. The lowest BCUT2D eigenvalue weighted by molar-refractivity contribution is -0.111. The molecule has 1 aliphatic rings. The maximum atomic E-state index is 11.7. The van der Waals surface area contributed by atoms with E-state index in [9.17, 15) is 4.79 Å². The van der Waals surface area contributed by atoms with Gasteiger partial charge in [-0.3, -0.25) is 4.79 Å². The number of allylic oxidation sites excluding steroid dienone is 10. The normalized spacial score (nSPS) is 16.0. The predicted molar refractivity (Wildman–Crippen MR) is 69.1 cm³/mol. The summed E-state index contributed by atoms with van der Waals surface area (Å²) >= 11 is 0. The summed E-state index contributed by atoms with van der Waals surface area (Å²) in [5, 5.41) is 0. The predicted octanol–water partition coefficient (Wildman–Crippen LogP) is 3.69. The van der Waals surface area contributed by atoms with Crippen molar-refractivity contribution < 1.29 is 4.79 Å². The average molecular weight is 212 g/mol. The van der Waals surface area contributed by atoms with Crippen LogP contribution in [0.2, 0.25) is 0 Å². The van der Waals surface area contributed by atoms with E-state index in [1.165, 1.54) is 0 Å². The SMILES string of the molecule is C=C/C=C(\C=C)C(=O)/C=C/C1=CCCC=C1. The molecular formula is C15H16O. The largest absolute Gasteiger partial charge is 0.289 e. The van der Waals surface area contributed by atoms with E-state index < -0.39 is 0 Å². The summed E-state index contributed by atoms with van der Waals surface area (Å²) in [5.41, 5.74) is 1.65. The quantitative estimate of drug-likeness (QED) is 0.502. The van der Waals surface area contributed by atoms with Gasteiger partial charge >= 0.3 is 0 Å². The Bertz CT molecular complexity index is 403. The van der Waals surface area contributed by atoms with Crippen molar-refractivity contribution in [1.82, 2.24) is 0 Å². The summed E-state index contributed by atoms with van der Waals surface area (Å²) in [5.74, 6) is -0.0465. The maximum Gasteiger partial charge on any atom is 0.185 e. The van der Waals surface area contributed by atoms with Crippen LogP contribution in [-0.2, 0) is 4.79 Å². The van der Waals surface area contributed by atoms with Gasteiger partial charge in [0.2, 0.25) is 0 Å². The Morgan fingerprint density at radius 3 is 2.69 bits per heavy atom. The molecule has 1 aliphatic carbocycles. The van der Waals surface area contributed by atoms with E-state index >= 15 is 0 Å². The van der Waals surface area contributed by atoms with Crippen molar-refractivity contribution in [1.29, 1.82) is 0 Å². The zero-order valence-electron chi connectivity index (χ0n) is 9.36. The Morgan fingerprint density at radius 2 is 2.12 bits per heavy atom. The topological polar surface area (TPSA) is 17.1 Å². The Labute approximate surface area is 96.9 Å². The lowest BCUT2D eigenvalue weighted by atomic mass is 10.0. The van der Waals surface area contributed by atoms with Crippen LogP contribution in [0.25, 0.3) is 0 Å². The van der Waals surface area contributed by atoms with Gasteiger partial charge in [0.25, 0.3) is 0 Å². The molecular weight excluding hydrogens is 196 g/mol. The number of carbonyl (C=O) groups is 1. The van der Waals surface area contributed by atoms with Crippen molar-refractivity contribution >= 4 is 5.78 Å². The maximum absolute atomic E-state index is 11.7. The molecule has 0 aromatic heterocycles. The van der Waals surface area contributed by atoms with Crippen LogP contribution in [0.15, 0.2) is 72.9 Å². The highest BCUT2D eigenvalue weighted by molar-refractivity contribution is 6.06. The first-order valence-electron chi connectivity index (χ1n) is 5.32. The third-order valence-corrected chi connectivity index (χ3v) is 2.25. The molecule has 0 N–H and O–H groups in total. The minimum Gasteiger partial charge on any atom is -0.289 e. The average Bonchev–Trinajstić information content (AvgIpc) is 2.34. The van der Waals surface area contributed by atoms with Gasteiger partial charge in [-0.05, 0) is 24.5 Å². The first kappa shape index (κ1) is 12.2. The highest BCUT2D eigenvalue weighted by Gasteiger charge is 2.00. The van der Waals surface area contributed by atoms with Crippen molar-refractivity contribution in [2.24, 2.45) is 0 Å². The van der Waals surface area contributed by atoms with Gasteiger partial charge in [-0.25, -0.2) is 0 Å². The molecule has 0 saturated carbocycles. The van der Waals surface area contributed by atoms with Crippen molar-refractivity contribution in [2.75, 3.05) is 0 Å². The fourth-order valence-corrected chi connectivity index (χ4v) is 1.40. The van der Waals surface area contributed by atoms with Gasteiger partial charge in [-0.2, -0.15) is 0 Å². The van der Waals surface area contributed by atoms with Gasteiger partial charge in [0.05, 0.1) is 0 Å². The molecule has 0 unspecified atom stereocenters. The molecule has 0 bridgehead atoms. The second-order valence-corrected chi connectivity index (χ2v) is 3.44. The Balaban J connectivity index is 2.69. The standard InChI is InChI=1S/C15H16O/c1-3-8-14(4-2)15(16)12-11-13-9-6-5-7-10-13/h3-4,6,8-12H,1-2,5,7H2/b12-11+,14-8+. The molecule has 0 radical (unpaired) electrons. The third-order valence-electron chi connectivity index (χ3n) is 2.25. The molecule has 1 rings (SSSR count). The van der Waals surface area contributed by atoms with E-state index in [-0.39, 0.29) is 5.78 Å².